The van der Waals surface area contributed by atoms with Crippen LogP contribution in [0.25, 0.3) is 0 Å². The second kappa shape index (κ2) is 5.08. The van der Waals surface area contributed by atoms with Gasteiger partial charge in [0, 0.05) is 5.41 Å². The van der Waals surface area contributed by atoms with Gasteiger partial charge in [-0.05, 0) is 33.2 Å². The third kappa shape index (κ3) is 3.36. The molecule has 114 valence electrons. The maximum atomic E-state index is 11.1. The van der Waals surface area contributed by atoms with Gasteiger partial charge >= 0.3 is 13.2 Å². The summed E-state index contributed by atoms with van der Waals surface area (Å²) in [7, 11) is -0.622. The number of rotatable bonds is 3. The number of primary amides is 1. The Bertz CT molecular complexity index is 396. The molecular formula is C14H26BNO4. The van der Waals surface area contributed by atoms with Crippen LogP contribution in [0.4, 0.5) is 4.79 Å². The van der Waals surface area contributed by atoms with E-state index in [1.165, 1.54) is 0 Å². The molecule has 0 aromatic carbocycles. The molecule has 6 heteroatoms. The van der Waals surface area contributed by atoms with E-state index < -0.39 is 30.5 Å². The minimum Gasteiger partial charge on any atom is -0.442 e. The molecule has 0 aromatic heterocycles. The van der Waals surface area contributed by atoms with E-state index in [0.29, 0.717) is 5.47 Å². The normalized spacial score (nSPS) is 22.4. The summed E-state index contributed by atoms with van der Waals surface area (Å²) in [5.74, 6) is 0. The number of hydrogen-bond donors (Lipinski definition) is 1. The molecule has 1 amide bonds. The molecule has 0 spiro atoms. The summed E-state index contributed by atoms with van der Waals surface area (Å²) in [5, 5.41) is 0. The molecule has 1 atom stereocenters. The molecule has 1 fully saturated rings. The van der Waals surface area contributed by atoms with Gasteiger partial charge in [0.05, 0.1) is 11.2 Å². The molecule has 20 heavy (non-hydrogen) atoms. The highest BCUT2D eigenvalue weighted by Crippen LogP contribution is 2.40. The second-order valence-corrected chi connectivity index (χ2v) is 7.35. The molecule has 1 saturated heterocycles. The van der Waals surface area contributed by atoms with E-state index >= 15 is 0 Å². The summed E-state index contributed by atoms with van der Waals surface area (Å²) in [6, 6.07) is 0. The summed E-state index contributed by atoms with van der Waals surface area (Å²) in [6.07, 6.45) is -1.41. The average molecular weight is 283 g/mol. The SMILES string of the molecule is C=C(B1OC(C)(C)C(C)(C)O1)C(OC(N)=O)C(C)(C)C. The van der Waals surface area contributed by atoms with Gasteiger partial charge in [0.25, 0.3) is 0 Å². The summed E-state index contributed by atoms with van der Waals surface area (Å²) >= 11 is 0. The zero-order valence-electron chi connectivity index (χ0n) is 13.6. The fraction of sp³-hybridized carbons (Fsp3) is 0.786. The predicted octanol–water partition coefficient (Wildman–Crippen LogP) is 2.68. The van der Waals surface area contributed by atoms with Crippen LogP contribution in [-0.2, 0) is 14.0 Å². The van der Waals surface area contributed by atoms with E-state index in [1.54, 1.807) is 0 Å². The average Bonchev–Trinajstić information content (AvgIpc) is 2.42. The second-order valence-electron chi connectivity index (χ2n) is 7.35. The Morgan fingerprint density at radius 1 is 1.20 bits per heavy atom. The lowest BCUT2D eigenvalue weighted by Crippen LogP contribution is -2.41. The topological polar surface area (TPSA) is 70.8 Å². The van der Waals surface area contributed by atoms with Gasteiger partial charge in [0.2, 0.25) is 0 Å². The van der Waals surface area contributed by atoms with Gasteiger partial charge in [-0.1, -0.05) is 27.4 Å². The highest BCUT2D eigenvalue weighted by Gasteiger charge is 2.54. The largest absolute Gasteiger partial charge is 0.493 e. The van der Waals surface area contributed by atoms with Crippen molar-refractivity contribution in [3.63, 3.8) is 0 Å². The van der Waals surface area contributed by atoms with E-state index in [-0.39, 0.29) is 5.41 Å². The Hall–Kier alpha value is -1.01. The number of ether oxygens (including phenoxy) is 1. The number of amides is 1. The van der Waals surface area contributed by atoms with Crippen LogP contribution < -0.4 is 5.73 Å². The van der Waals surface area contributed by atoms with Crippen LogP contribution in [0.5, 0.6) is 0 Å². The lowest BCUT2D eigenvalue weighted by Gasteiger charge is -2.32. The fourth-order valence-electron chi connectivity index (χ4n) is 2.04. The van der Waals surface area contributed by atoms with E-state index in [1.807, 2.05) is 48.5 Å². The van der Waals surface area contributed by atoms with E-state index in [9.17, 15) is 4.79 Å². The van der Waals surface area contributed by atoms with Crippen molar-refractivity contribution in [2.75, 3.05) is 0 Å². The molecule has 0 aliphatic carbocycles. The standard InChI is InChI=1S/C14H26BNO4/c1-9(10(12(2,3)4)18-11(16)17)15-19-13(5,6)14(7,8)20-15/h10H,1H2,2-8H3,(H2,16,17). The van der Waals surface area contributed by atoms with Gasteiger partial charge in [-0.15, -0.1) is 0 Å². The van der Waals surface area contributed by atoms with Crippen LogP contribution in [0.1, 0.15) is 48.5 Å². The van der Waals surface area contributed by atoms with Crippen molar-refractivity contribution in [2.24, 2.45) is 11.1 Å². The van der Waals surface area contributed by atoms with Crippen LogP contribution >= 0.6 is 0 Å². The summed E-state index contributed by atoms with van der Waals surface area (Å²) in [5.41, 5.74) is 4.44. The highest BCUT2D eigenvalue weighted by molar-refractivity contribution is 6.54. The van der Waals surface area contributed by atoms with E-state index in [0.717, 1.165) is 0 Å². The van der Waals surface area contributed by atoms with E-state index in [2.05, 4.69) is 6.58 Å². The Morgan fingerprint density at radius 2 is 1.60 bits per heavy atom. The number of carbonyl (C=O) groups excluding carboxylic acids is 1. The molecule has 1 rings (SSSR count). The lowest BCUT2D eigenvalue weighted by atomic mass is 9.69. The molecule has 1 aliphatic rings. The Balaban J connectivity index is 2.96. The molecule has 2 N–H and O–H groups in total. The first-order valence-electron chi connectivity index (χ1n) is 6.78. The minimum absolute atomic E-state index is 0.351. The van der Waals surface area contributed by atoms with Gasteiger partial charge in [-0.3, -0.25) is 0 Å². The number of hydrogen-bond acceptors (Lipinski definition) is 4. The Morgan fingerprint density at radius 3 is 1.90 bits per heavy atom. The molecule has 1 unspecified atom stereocenters. The van der Waals surface area contributed by atoms with Crippen molar-refractivity contribution in [3.8, 4) is 0 Å². The molecular weight excluding hydrogens is 257 g/mol. The van der Waals surface area contributed by atoms with Crippen LogP contribution in [0.3, 0.4) is 0 Å². The lowest BCUT2D eigenvalue weighted by molar-refractivity contribution is 0.00578. The third-order valence-electron chi connectivity index (χ3n) is 3.91. The molecule has 0 aromatic rings. The van der Waals surface area contributed by atoms with Gasteiger partial charge in [0.1, 0.15) is 6.10 Å². The highest BCUT2D eigenvalue weighted by atomic mass is 16.7. The van der Waals surface area contributed by atoms with Crippen molar-refractivity contribution in [1.82, 2.24) is 0 Å². The molecule has 0 radical (unpaired) electrons. The van der Waals surface area contributed by atoms with Gasteiger partial charge in [-0.2, -0.15) is 0 Å². The van der Waals surface area contributed by atoms with Crippen molar-refractivity contribution in [2.45, 2.75) is 65.8 Å². The molecule has 0 bridgehead atoms. The first-order valence-corrected chi connectivity index (χ1v) is 6.78. The van der Waals surface area contributed by atoms with Crippen LogP contribution in [0.15, 0.2) is 12.1 Å². The number of carbonyl (C=O) groups is 1. The number of nitrogens with two attached hydrogens (primary N) is 1. The Labute approximate surface area is 122 Å². The van der Waals surface area contributed by atoms with Gasteiger partial charge in [0.15, 0.2) is 0 Å². The molecule has 1 aliphatic heterocycles. The van der Waals surface area contributed by atoms with Crippen molar-refractivity contribution in [3.05, 3.63) is 12.1 Å². The summed E-state index contributed by atoms with van der Waals surface area (Å²) < 4.78 is 17.1. The zero-order valence-corrected chi connectivity index (χ0v) is 13.6. The van der Waals surface area contributed by atoms with Gasteiger partial charge in [-0.25, -0.2) is 4.79 Å². The summed E-state index contributed by atoms with van der Waals surface area (Å²) in [6.45, 7) is 17.7. The predicted molar refractivity (Wildman–Crippen MR) is 79.1 cm³/mol. The monoisotopic (exact) mass is 283 g/mol. The smallest absolute Gasteiger partial charge is 0.442 e. The third-order valence-corrected chi connectivity index (χ3v) is 3.91. The zero-order chi connectivity index (χ0) is 15.9. The fourth-order valence-corrected chi connectivity index (χ4v) is 2.04. The maximum absolute atomic E-state index is 11.1. The van der Waals surface area contributed by atoms with Crippen molar-refractivity contribution in [1.29, 1.82) is 0 Å². The minimum atomic E-state index is -0.831. The van der Waals surface area contributed by atoms with Crippen LogP contribution in [0, 0.1) is 5.41 Å². The van der Waals surface area contributed by atoms with E-state index in [4.69, 9.17) is 19.8 Å². The first-order chi connectivity index (χ1) is 8.78. The molecule has 1 heterocycles. The van der Waals surface area contributed by atoms with Crippen molar-refractivity contribution >= 4 is 13.2 Å². The van der Waals surface area contributed by atoms with Gasteiger partial charge < -0.3 is 19.8 Å². The molecule has 0 saturated carbocycles. The van der Waals surface area contributed by atoms with Crippen molar-refractivity contribution < 1.29 is 18.8 Å². The first kappa shape index (κ1) is 17.0. The molecule has 5 nitrogen and oxygen atoms in total. The summed E-state index contributed by atoms with van der Waals surface area (Å²) in [4.78, 5) is 11.1. The van der Waals surface area contributed by atoms with Crippen LogP contribution in [0.2, 0.25) is 0 Å². The Kier molecular flexibility index (Phi) is 4.33. The van der Waals surface area contributed by atoms with Crippen LogP contribution in [-0.4, -0.2) is 30.5 Å². The maximum Gasteiger partial charge on any atom is 0.493 e. The quantitative estimate of drug-likeness (QED) is 0.808.